The number of hydrogen-bond donors (Lipinski definition) is 0. The summed E-state index contributed by atoms with van der Waals surface area (Å²) in [6.07, 6.45) is 0. The minimum absolute atomic E-state index is 0.164. The Bertz CT molecular complexity index is 499. The second kappa shape index (κ2) is 5.51. The van der Waals surface area contributed by atoms with Crippen molar-refractivity contribution in [2.24, 2.45) is 0 Å². The quantitative estimate of drug-likeness (QED) is 0.604. The zero-order chi connectivity index (χ0) is 11.5. The summed E-state index contributed by atoms with van der Waals surface area (Å²) in [7, 11) is 0. The van der Waals surface area contributed by atoms with E-state index in [4.69, 9.17) is 0 Å². The molecule has 2 rings (SSSR count). The van der Waals surface area contributed by atoms with Gasteiger partial charge in [0.2, 0.25) is 0 Å². The second-order valence-corrected chi connectivity index (χ2v) is 6.36. The summed E-state index contributed by atoms with van der Waals surface area (Å²) >= 11 is 6.92. The lowest BCUT2D eigenvalue weighted by molar-refractivity contribution is 0.616. The highest BCUT2D eigenvalue weighted by molar-refractivity contribution is 14.1. The summed E-state index contributed by atoms with van der Waals surface area (Å²) in [5.74, 6) is -0.164. The van der Waals surface area contributed by atoms with Gasteiger partial charge in [0.25, 0.3) is 0 Å². The molecule has 0 saturated heterocycles. The van der Waals surface area contributed by atoms with E-state index in [1.54, 1.807) is 23.9 Å². The third-order valence-electron chi connectivity index (χ3n) is 1.94. The Morgan fingerprint density at radius 3 is 2.25 bits per heavy atom. The maximum absolute atomic E-state index is 13.3. The van der Waals surface area contributed by atoms with Crippen molar-refractivity contribution in [2.75, 3.05) is 0 Å². The van der Waals surface area contributed by atoms with Crippen molar-refractivity contribution in [3.63, 3.8) is 0 Å². The van der Waals surface area contributed by atoms with Crippen molar-refractivity contribution in [1.29, 1.82) is 0 Å². The van der Waals surface area contributed by atoms with Gasteiger partial charge in [-0.3, -0.25) is 0 Å². The van der Waals surface area contributed by atoms with Crippen LogP contribution in [0.4, 0.5) is 4.39 Å². The van der Waals surface area contributed by atoms with Crippen LogP contribution < -0.4 is 0 Å². The first-order valence-electron chi connectivity index (χ1n) is 4.53. The van der Waals surface area contributed by atoms with Crippen molar-refractivity contribution in [3.05, 3.63) is 56.3 Å². The Kier molecular flexibility index (Phi) is 4.27. The van der Waals surface area contributed by atoms with Gasteiger partial charge in [-0.15, -0.1) is 0 Å². The molecule has 0 unspecified atom stereocenters. The molecule has 0 aliphatic rings. The van der Waals surface area contributed by atoms with Crippen LogP contribution in [0.15, 0.2) is 56.7 Å². The van der Waals surface area contributed by atoms with Gasteiger partial charge >= 0.3 is 0 Å². The molecular formula is C12H7BrFIS. The summed E-state index contributed by atoms with van der Waals surface area (Å²) in [6, 6.07) is 13.2. The van der Waals surface area contributed by atoms with E-state index in [0.29, 0.717) is 3.57 Å². The fourth-order valence-electron chi connectivity index (χ4n) is 1.18. The molecule has 0 radical (unpaired) electrons. The Morgan fingerprint density at radius 1 is 1.00 bits per heavy atom. The smallest absolute Gasteiger partial charge is 0.137 e. The normalized spacial score (nSPS) is 10.4. The molecule has 82 valence electrons. The van der Waals surface area contributed by atoms with Crippen LogP contribution in [-0.4, -0.2) is 0 Å². The first kappa shape index (κ1) is 12.4. The van der Waals surface area contributed by atoms with Crippen molar-refractivity contribution < 1.29 is 4.39 Å². The van der Waals surface area contributed by atoms with Gasteiger partial charge in [0.1, 0.15) is 5.82 Å². The van der Waals surface area contributed by atoms with Crippen LogP contribution in [-0.2, 0) is 0 Å². The average Bonchev–Trinajstić information content (AvgIpc) is 2.27. The third kappa shape index (κ3) is 3.21. The minimum Gasteiger partial charge on any atom is -0.206 e. The van der Waals surface area contributed by atoms with Crippen LogP contribution in [0.5, 0.6) is 0 Å². The van der Waals surface area contributed by atoms with Gasteiger partial charge in [-0.05, 0) is 65.1 Å². The van der Waals surface area contributed by atoms with E-state index in [1.807, 2.05) is 52.9 Å². The molecule has 2 aromatic rings. The van der Waals surface area contributed by atoms with E-state index in [0.717, 1.165) is 14.3 Å². The molecule has 0 saturated carbocycles. The molecule has 0 aliphatic carbocycles. The van der Waals surface area contributed by atoms with Gasteiger partial charge in [-0.1, -0.05) is 27.7 Å². The Balaban J connectivity index is 2.20. The summed E-state index contributed by atoms with van der Waals surface area (Å²) in [6.45, 7) is 0. The van der Waals surface area contributed by atoms with Gasteiger partial charge in [0.15, 0.2) is 0 Å². The topological polar surface area (TPSA) is 0 Å². The van der Waals surface area contributed by atoms with Gasteiger partial charge in [0, 0.05) is 17.8 Å². The maximum atomic E-state index is 13.3. The SMILES string of the molecule is Fc1cc(Sc2ccc(Br)cc2)ccc1I. The molecule has 0 atom stereocenters. The standard InChI is InChI=1S/C12H7BrFIS/c13-8-1-3-9(4-2-8)16-10-5-6-12(15)11(14)7-10/h1-7H. The number of hydrogen-bond acceptors (Lipinski definition) is 1. The molecule has 0 amide bonds. The first-order valence-corrected chi connectivity index (χ1v) is 7.22. The molecular weight excluding hydrogens is 402 g/mol. The predicted molar refractivity (Wildman–Crippen MR) is 77.4 cm³/mol. The Morgan fingerprint density at radius 2 is 1.62 bits per heavy atom. The van der Waals surface area contributed by atoms with Crippen LogP contribution in [0.2, 0.25) is 0 Å². The molecule has 0 heterocycles. The molecule has 0 nitrogen and oxygen atoms in total. The van der Waals surface area contributed by atoms with Crippen LogP contribution in [0.25, 0.3) is 0 Å². The molecule has 0 fully saturated rings. The summed E-state index contributed by atoms with van der Waals surface area (Å²) in [4.78, 5) is 2.02. The average molecular weight is 409 g/mol. The lowest BCUT2D eigenvalue weighted by atomic mass is 10.3. The Hall–Kier alpha value is -0.0700. The van der Waals surface area contributed by atoms with Gasteiger partial charge < -0.3 is 0 Å². The highest BCUT2D eigenvalue weighted by Crippen LogP contribution is 2.29. The lowest BCUT2D eigenvalue weighted by Gasteiger charge is -2.02. The van der Waals surface area contributed by atoms with Gasteiger partial charge in [-0.2, -0.15) is 0 Å². The second-order valence-electron chi connectivity index (χ2n) is 3.13. The van der Waals surface area contributed by atoms with E-state index in [2.05, 4.69) is 15.9 Å². The zero-order valence-corrected chi connectivity index (χ0v) is 12.6. The van der Waals surface area contributed by atoms with Gasteiger partial charge in [0.05, 0.1) is 0 Å². The van der Waals surface area contributed by atoms with E-state index in [-0.39, 0.29) is 5.82 Å². The highest BCUT2D eigenvalue weighted by Gasteiger charge is 2.02. The molecule has 4 heteroatoms. The van der Waals surface area contributed by atoms with Crippen LogP contribution >= 0.6 is 50.3 Å². The summed E-state index contributed by atoms with van der Waals surface area (Å²) < 4.78 is 15.0. The highest BCUT2D eigenvalue weighted by atomic mass is 127. The summed E-state index contributed by atoms with van der Waals surface area (Å²) in [5.41, 5.74) is 0. The molecule has 16 heavy (non-hydrogen) atoms. The third-order valence-corrected chi connectivity index (χ3v) is 4.34. The number of rotatable bonds is 2. The van der Waals surface area contributed by atoms with E-state index in [1.165, 1.54) is 0 Å². The van der Waals surface area contributed by atoms with Crippen LogP contribution in [0.1, 0.15) is 0 Å². The molecule has 0 bridgehead atoms. The van der Waals surface area contributed by atoms with Gasteiger partial charge in [-0.25, -0.2) is 4.39 Å². The van der Waals surface area contributed by atoms with Crippen molar-refractivity contribution in [1.82, 2.24) is 0 Å². The molecule has 2 aromatic carbocycles. The fraction of sp³-hybridized carbons (Fsp3) is 0. The van der Waals surface area contributed by atoms with Crippen molar-refractivity contribution in [3.8, 4) is 0 Å². The summed E-state index contributed by atoms with van der Waals surface area (Å²) in [5, 5.41) is 0. The van der Waals surface area contributed by atoms with Crippen LogP contribution in [0, 0.1) is 9.39 Å². The molecule has 0 N–H and O–H groups in total. The Labute approximate surface area is 120 Å². The van der Waals surface area contributed by atoms with Crippen molar-refractivity contribution >= 4 is 50.3 Å². The van der Waals surface area contributed by atoms with E-state index < -0.39 is 0 Å². The molecule has 0 aliphatic heterocycles. The first-order chi connectivity index (χ1) is 7.65. The van der Waals surface area contributed by atoms with E-state index >= 15 is 0 Å². The zero-order valence-electron chi connectivity index (χ0n) is 8.08. The minimum atomic E-state index is -0.164. The monoisotopic (exact) mass is 408 g/mol. The largest absolute Gasteiger partial charge is 0.206 e. The predicted octanol–water partition coefficient (Wildman–Crippen LogP) is 5.34. The number of halogens is 3. The molecule has 0 spiro atoms. The molecule has 0 aromatic heterocycles. The van der Waals surface area contributed by atoms with E-state index in [9.17, 15) is 4.39 Å². The van der Waals surface area contributed by atoms with Crippen LogP contribution in [0.3, 0.4) is 0 Å². The lowest BCUT2D eigenvalue weighted by Crippen LogP contribution is -1.81. The number of benzene rings is 2. The maximum Gasteiger partial charge on any atom is 0.137 e. The van der Waals surface area contributed by atoms with Crippen molar-refractivity contribution in [2.45, 2.75) is 9.79 Å². The fourth-order valence-corrected chi connectivity index (χ4v) is 2.62.